The molecule has 0 bridgehead atoms. The van der Waals surface area contributed by atoms with Gasteiger partial charge in [0, 0.05) is 17.5 Å². The smallest absolute Gasteiger partial charge is 0.238 e. The molecule has 2 N–H and O–H groups in total. The van der Waals surface area contributed by atoms with Crippen LogP contribution in [0.25, 0.3) is 22.6 Å². The third-order valence-corrected chi connectivity index (χ3v) is 4.43. The summed E-state index contributed by atoms with van der Waals surface area (Å²) in [4.78, 5) is 4.52. The van der Waals surface area contributed by atoms with Gasteiger partial charge in [-0.3, -0.25) is 0 Å². The number of aromatic nitrogens is 1. The molecule has 0 aliphatic carbocycles. The number of nitrogens with zero attached hydrogens (tertiary/aromatic N) is 1. The summed E-state index contributed by atoms with van der Waals surface area (Å²) in [5, 5.41) is 5.33. The molecule has 0 saturated heterocycles. The minimum atomic E-state index is -3.87. The fraction of sp³-hybridized carbons (Fsp3) is 0.118. The number of primary sulfonamides is 1. The Balaban J connectivity index is 2.28. The molecule has 118 valence electrons. The average Bonchev–Trinajstić information content (AvgIpc) is 2.99. The second-order valence-corrected chi connectivity index (χ2v) is 6.58. The van der Waals surface area contributed by atoms with E-state index >= 15 is 0 Å². The zero-order chi connectivity index (χ0) is 16.4. The van der Waals surface area contributed by atoms with Crippen LogP contribution in [0.1, 0.15) is 12.8 Å². The van der Waals surface area contributed by atoms with E-state index in [0.29, 0.717) is 29.3 Å². The molecule has 0 spiro atoms. The zero-order valence-corrected chi connectivity index (χ0v) is 13.4. The van der Waals surface area contributed by atoms with Gasteiger partial charge in [0.05, 0.1) is 4.90 Å². The molecule has 3 aromatic rings. The van der Waals surface area contributed by atoms with Crippen LogP contribution in [0, 0.1) is 0 Å². The Morgan fingerprint density at radius 1 is 1.04 bits per heavy atom. The van der Waals surface area contributed by atoms with Crippen LogP contribution in [0.5, 0.6) is 0 Å². The Hall–Kier alpha value is -2.44. The Morgan fingerprint density at radius 3 is 2.35 bits per heavy atom. The van der Waals surface area contributed by atoms with Gasteiger partial charge in [-0.15, -0.1) is 0 Å². The van der Waals surface area contributed by atoms with Gasteiger partial charge in [0.2, 0.25) is 10.0 Å². The highest BCUT2D eigenvalue weighted by molar-refractivity contribution is 7.89. The summed E-state index contributed by atoms with van der Waals surface area (Å²) in [6.07, 6.45) is 0.609. The Labute approximate surface area is 134 Å². The Morgan fingerprint density at radius 2 is 1.70 bits per heavy atom. The molecular weight excluding hydrogens is 312 g/mol. The van der Waals surface area contributed by atoms with Gasteiger partial charge in [-0.05, 0) is 12.1 Å². The van der Waals surface area contributed by atoms with E-state index in [4.69, 9.17) is 9.56 Å². The van der Waals surface area contributed by atoms with Gasteiger partial charge in [0.15, 0.2) is 11.7 Å². The fourth-order valence-corrected chi connectivity index (χ4v) is 3.13. The van der Waals surface area contributed by atoms with Gasteiger partial charge in [-0.2, -0.15) is 0 Å². The quantitative estimate of drug-likeness (QED) is 0.796. The van der Waals surface area contributed by atoms with Crippen molar-refractivity contribution in [2.24, 2.45) is 5.14 Å². The molecule has 6 heteroatoms. The predicted molar refractivity (Wildman–Crippen MR) is 88.1 cm³/mol. The number of nitrogens with two attached hydrogens (primary N) is 1. The van der Waals surface area contributed by atoms with Gasteiger partial charge < -0.3 is 4.42 Å². The highest BCUT2D eigenvalue weighted by Gasteiger charge is 2.22. The number of oxazole rings is 1. The summed E-state index contributed by atoms with van der Waals surface area (Å²) in [5.41, 5.74) is 1.88. The van der Waals surface area contributed by atoms with E-state index < -0.39 is 10.0 Å². The third kappa shape index (κ3) is 3.04. The molecule has 1 heterocycles. The van der Waals surface area contributed by atoms with Crippen LogP contribution in [0.3, 0.4) is 0 Å². The second kappa shape index (κ2) is 5.98. The van der Waals surface area contributed by atoms with Crippen molar-refractivity contribution in [3.05, 3.63) is 60.5 Å². The lowest BCUT2D eigenvalue weighted by atomic mass is 10.1. The van der Waals surface area contributed by atoms with Crippen LogP contribution in [0.15, 0.2) is 63.9 Å². The van der Waals surface area contributed by atoms with Crippen LogP contribution < -0.4 is 5.14 Å². The maximum atomic E-state index is 11.9. The first-order chi connectivity index (χ1) is 11.0. The predicted octanol–water partition coefficient (Wildman–Crippen LogP) is 3.22. The first-order valence-corrected chi connectivity index (χ1v) is 8.72. The maximum Gasteiger partial charge on any atom is 0.238 e. The minimum absolute atomic E-state index is 0.0241. The van der Waals surface area contributed by atoms with Crippen molar-refractivity contribution in [3.63, 3.8) is 0 Å². The summed E-state index contributed by atoms with van der Waals surface area (Å²) in [6, 6.07) is 16.0. The van der Waals surface area contributed by atoms with Crippen molar-refractivity contribution in [1.82, 2.24) is 4.98 Å². The molecule has 0 atom stereocenters. The number of aryl methyl sites for hydroxylation is 1. The minimum Gasteiger partial charge on any atom is -0.440 e. The number of hydrogen-bond acceptors (Lipinski definition) is 4. The first kappa shape index (κ1) is 15.5. The van der Waals surface area contributed by atoms with E-state index in [1.807, 2.05) is 37.3 Å². The SMILES string of the molecule is CCc1nc(-c2ccccc2)c(-c2ccccc2S(N)(=O)=O)o1. The molecule has 2 aromatic carbocycles. The van der Waals surface area contributed by atoms with Crippen molar-refractivity contribution >= 4 is 10.0 Å². The second-order valence-electron chi connectivity index (χ2n) is 5.05. The molecule has 5 nitrogen and oxygen atoms in total. The van der Waals surface area contributed by atoms with Gasteiger partial charge >= 0.3 is 0 Å². The molecule has 23 heavy (non-hydrogen) atoms. The topological polar surface area (TPSA) is 86.2 Å². The number of sulfonamides is 1. The van der Waals surface area contributed by atoms with E-state index in [2.05, 4.69) is 4.98 Å². The summed E-state index contributed by atoms with van der Waals surface area (Å²) in [5.74, 6) is 0.959. The lowest BCUT2D eigenvalue weighted by Crippen LogP contribution is -2.13. The molecule has 0 saturated carbocycles. The zero-order valence-electron chi connectivity index (χ0n) is 12.6. The van der Waals surface area contributed by atoms with Crippen LogP contribution in [-0.4, -0.2) is 13.4 Å². The fourth-order valence-electron chi connectivity index (χ4n) is 2.39. The maximum absolute atomic E-state index is 11.9. The van der Waals surface area contributed by atoms with E-state index in [1.165, 1.54) is 6.07 Å². The van der Waals surface area contributed by atoms with Crippen molar-refractivity contribution in [2.75, 3.05) is 0 Å². The van der Waals surface area contributed by atoms with Crippen molar-refractivity contribution in [2.45, 2.75) is 18.2 Å². The van der Waals surface area contributed by atoms with E-state index in [1.54, 1.807) is 18.2 Å². The summed E-state index contributed by atoms with van der Waals surface area (Å²) >= 11 is 0. The highest BCUT2D eigenvalue weighted by Crippen LogP contribution is 2.35. The number of rotatable bonds is 4. The van der Waals surface area contributed by atoms with E-state index in [9.17, 15) is 8.42 Å². The molecule has 0 radical (unpaired) electrons. The molecular formula is C17H16N2O3S. The standard InChI is InChI=1S/C17H16N2O3S/c1-2-15-19-16(12-8-4-3-5-9-12)17(22-15)13-10-6-7-11-14(13)23(18,20)21/h3-11H,2H2,1H3,(H2,18,20,21). The highest BCUT2D eigenvalue weighted by atomic mass is 32.2. The third-order valence-electron chi connectivity index (χ3n) is 3.46. The van der Waals surface area contributed by atoms with Crippen LogP contribution in [0.4, 0.5) is 0 Å². The first-order valence-electron chi connectivity index (χ1n) is 7.18. The number of benzene rings is 2. The molecule has 3 rings (SSSR count). The lowest BCUT2D eigenvalue weighted by Gasteiger charge is -2.06. The van der Waals surface area contributed by atoms with E-state index in [-0.39, 0.29) is 4.90 Å². The van der Waals surface area contributed by atoms with Gasteiger partial charge in [-0.25, -0.2) is 18.5 Å². The summed E-state index contributed by atoms with van der Waals surface area (Å²) < 4.78 is 29.5. The molecule has 1 aromatic heterocycles. The monoisotopic (exact) mass is 328 g/mol. The molecule has 0 unspecified atom stereocenters. The normalized spacial score (nSPS) is 11.6. The van der Waals surface area contributed by atoms with Crippen molar-refractivity contribution in [1.29, 1.82) is 0 Å². The van der Waals surface area contributed by atoms with Gasteiger partial charge in [0.25, 0.3) is 0 Å². The molecule has 0 fully saturated rings. The van der Waals surface area contributed by atoms with Crippen molar-refractivity contribution < 1.29 is 12.8 Å². The summed E-state index contributed by atoms with van der Waals surface area (Å²) in [6.45, 7) is 1.93. The van der Waals surface area contributed by atoms with Gasteiger partial charge in [0.1, 0.15) is 5.69 Å². The summed E-state index contributed by atoms with van der Waals surface area (Å²) in [7, 11) is -3.87. The largest absolute Gasteiger partial charge is 0.440 e. The Kier molecular flexibility index (Phi) is 4.02. The average molecular weight is 328 g/mol. The number of hydrogen-bond donors (Lipinski definition) is 1. The van der Waals surface area contributed by atoms with E-state index in [0.717, 1.165) is 5.56 Å². The van der Waals surface area contributed by atoms with Crippen molar-refractivity contribution in [3.8, 4) is 22.6 Å². The molecule has 0 aliphatic heterocycles. The van der Waals surface area contributed by atoms with Crippen LogP contribution in [0.2, 0.25) is 0 Å². The van der Waals surface area contributed by atoms with Crippen LogP contribution in [-0.2, 0) is 16.4 Å². The van der Waals surface area contributed by atoms with Crippen LogP contribution >= 0.6 is 0 Å². The lowest BCUT2D eigenvalue weighted by molar-refractivity contribution is 0.512. The van der Waals surface area contributed by atoms with Gasteiger partial charge in [-0.1, -0.05) is 49.4 Å². The molecule has 0 aliphatic rings. The Bertz CT molecular complexity index is 931. The molecule has 0 amide bonds.